The lowest BCUT2D eigenvalue weighted by Gasteiger charge is -2.18. The molecule has 0 radical (unpaired) electrons. The molecule has 0 saturated heterocycles. The van der Waals surface area contributed by atoms with Crippen molar-refractivity contribution in [1.82, 2.24) is 0 Å². The largest absolute Gasteiger partial charge is 0.462 e. The van der Waals surface area contributed by atoms with E-state index in [2.05, 4.69) is 142 Å². The number of unbranched alkanes of at least 4 members (excludes halogenated alkanes) is 6. The zero-order valence-electron chi connectivity index (χ0n) is 37.2. The monoisotopic (exact) mass is 813 g/mol. The van der Waals surface area contributed by atoms with Gasteiger partial charge in [0.05, 0.1) is 6.42 Å². The second-order valence-corrected chi connectivity index (χ2v) is 14.2. The van der Waals surface area contributed by atoms with Crippen LogP contribution in [-0.2, 0) is 28.6 Å². The highest BCUT2D eigenvalue weighted by atomic mass is 16.6. The van der Waals surface area contributed by atoms with Crippen LogP contribution in [-0.4, -0.2) is 37.2 Å². The van der Waals surface area contributed by atoms with Crippen LogP contribution in [0.4, 0.5) is 0 Å². The Morgan fingerprint density at radius 3 is 1.07 bits per heavy atom. The zero-order chi connectivity index (χ0) is 43.0. The van der Waals surface area contributed by atoms with E-state index in [0.717, 1.165) is 116 Å². The van der Waals surface area contributed by atoms with E-state index in [9.17, 15) is 14.4 Å². The summed E-state index contributed by atoms with van der Waals surface area (Å²) >= 11 is 0. The van der Waals surface area contributed by atoms with Crippen molar-refractivity contribution >= 4 is 17.9 Å². The van der Waals surface area contributed by atoms with E-state index in [1.807, 2.05) is 6.08 Å². The zero-order valence-corrected chi connectivity index (χ0v) is 37.2. The van der Waals surface area contributed by atoms with Gasteiger partial charge in [0.15, 0.2) is 6.10 Å². The molecule has 0 amide bonds. The Morgan fingerprint density at radius 2 is 0.678 bits per heavy atom. The van der Waals surface area contributed by atoms with Gasteiger partial charge in [-0.05, 0) is 109 Å². The third-order valence-electron chi connectivity index (χ3n) is 8.66. The molecule has 328 valence electrons. The van der Waals surface area contributed by atoms with Crippen LogP contribution in [0, 0.1) is 0 Å². The fraction of sp³-hybridized carbons (Fsp3) is 0.528. The SMILES string of the molecule is CC/C=C\C/C=C\C/C=C\C/C=C\CCCCCC(=O)OCC(COC(=O)C/C=C\C/C=C\C/C=C\CC)OC(=O)CCCCC/C=C\C/C=C\C/C=C\C/C=C\CC. The molecule has 0 spiro atoms. The van der Waals surface area contributed by atoms with Crippen molar-refractivity contribution in [2.75, 3.05) is 13.2 Å². The number of rotatable bonds is 38. The lowest BCUT2D eigenvalue weighted by atomic mass is 10.1. The van der Waals surface area contributed by atoms with Crippen molar-refractivity contribution in [2.45, 2.75) is 168 Å². The lowest BCUT2D eigenvalue weighted by molar-refractivity contribution is -0.166. The maximum atomic E-state index is 12.7. The van der Waals surface area contributed by atoms with Crippen LogP contribution in [0.5, 0.6) is 0 Å². The van der Waals surface area contributed by atoms with Gasteiger partial charge in [-0.1, -0.05) is 167 Å². The second kappa shape index (κ2) is 46.2. The average Bonchev–Trinajstić information content (AvgIpc) is 3.23. The Kier molecular flexibility index (Phi) is 42.8. The topological polar surface area (TPSA) is 78.9 Å². The Balaban J connectivity index is 4.57. The Hall–Kier alpha value is -4.45. The normalized spacial score (nSPS) is 13.3. The Morgan fingerprint density at radius 1 is 0.356 bits per heavy atom. The standard InChI is InChI=1S/C53H80O6/c1-4-7-10-13-16-19-21-23-25-27-29-31-34-37-40-43-46-52(55)58-49-50(48-57-51(54)45-42-39-36-33-18-15-12-9-6-3)59-53(56)47-44-41-38-35-32-30-28-26-24-22-20-17-14-11-8-5-2/h7-12,16-20,23-26,29-33,39,42,50H,4-6,13-15,21-22,27-28,34-38,40-41,43-49H2,1-3H3/b10-7-,11-8-,12-9-,19-16-,20-17-,25-23-,26-24-,31-29-,32-30-,33-18-,42-39-. The van der Waals surface area contributed by atoms with Gasteiger partial charge in [-0.15, -0.1) is 0 Å². The number of carbonyl (C=O) groups excluding carboxylic acids is 3. The summed E-state index contributed by atoms with van der Waals surface area (Å²) < 4.78 is 16.5. The molecular formula is C53H80O6. The fourth-order valence-electron chi connectivity index (χ4n) is 5.36. The van der Waals surface area contributed by atoms with Crippen molar-refractivity contribution in [1.29, 1.82) is 0 Å². The molecule has 0 rings (SSSR count). The fourth-order valence-corrected chi connectivity index (χ4v) is 5.36. The van der Waals surface area contributed by atoms with E-state index < -0.39 is 12.1 Å². The molecule has 0 heterocycles. The molecule has 0 aliphatic carbocycles. The summed E-state index contributed by atoms with van der Waals surface area (Å²) in [5, 5.41) is 0. The van der Waals surface area contributed by atoms with Gasteiger partial charge < -0.3 is 14.2 Å². The number of esters is 3. The first-order chi connectivity index (χ1) is 29.0. The van der Waals surface area contributed by atoms with Gasteiger partial charge in [0, 0.05) is 12.8 Å². The van der Waals surface area contributed by atoms with Crippen LogP contribution in [0.15, 0.2) is 134 Å². The highest BCUT2D eigenvalue weighted by Gasteiger charge is 2.19. The predicted octanol–water partition coefficient (Wildman–Crippen LogP) is 14.7. The minimum absolute atomic E-state index is 0.115. The van der Waals surface area contributed by atoms with Crippen LogP contribution in [0.25, 0.3) is 0 Å². The quantitative estimate of drug-likeness (QED) is 0.0267. The molecule has 0 saturated carbocycles. The first-order valence-corrected chi connectivity index (χ1v) is 22.7. The third-order valence-corrected chi connectivity index (χ3v) is 8.66. The van der Waals surface area contributed by atoms with Crippen molar-refractivity contribution in [3.05, 3.63) is 134 Å². The van der Waals surface area contributed by atoms with Crippen LogP contribution < -0.4 is 0 Å². The van der Waals surface area contributed by atoms with E-state index in [0.29, 0.717) is 12.8 Å². The lowest BCUT2D eigenvalue weighted by Crippen LogP contribution is -2.30. The Bertz CT molecular complexity index is 1350. The average molecular weight is 813 g/mol. The van der Waals surface area contributed by atoms with Crippen molar-refractivity contribution in [3.63, 3.8) is 0 Å². The van der Waals surface area contributed by atoms with Crippen LogP contribution in [0.2, 0.25) is 0 Å². The minimum atomic E-state index is -0.846. The first-order valence-electron chi connectivity index (χ1n) is 22.7. The highest BCUT2D eigenvalue weighted by molar-refractivity contribution is 5.72. The molecule has 59 heavy (non-hydrogen) atoms. The minimum Gasteiger partial charge on any atom is -0.462 e. The molecule has 6 nitrogen and oxygen atoms in total. The first kappa shape index (κ1) is 54.6. The maximum absolute atomic E-state index is 12.7. The summed E-state index contributed by atoms with van der Waals surface area (Å²) in [6.45, 7) is 6.09. The van der Waals surface area contributed by atoms with Gasteiger partial charge in [-0.3, -0.25) is 14.4 Å². The molecule has 0 fully saturated rings. The number of allylic oxidation sites excluding steroid dienone is 21. The predicted molar refractivity (Wildman–Crippen MR) is 251 cm³/mol. The molecule has 1 unspecified atom stereocenters. The van der Waals surface area contributed by atoms with E-state index >= 15 is 0 Å². The van der Waals surface area contributed by atoms with E-state index in [1.54, 1.807) is 6.08 Å². The number of carbonyl (C=O) groups is 3. The maximum Gasteiger partial charge on any atom is 0.309 e. The summed E-state index contributed by atoms with van der Waals surface area (Å²) in [5.74, 6) is -1.15. The molecule has 0 aliphatic heterocycles. The molecular weight excluding hydrogens is 733 g/mol. The van der Waals surface area contributed by atoms with Gasteiger partial charge >= 0.3 is 17.9 Å². The molecule has 1 atom stereocenters. The molecule has 0 bridgehead atoms. The van der Waals surface area contributed by atoms with Crippen molar-refractivity contribution in [3.8, 4) is 0 Å². The van der Waals surface area contributed by atoms with E-state index in [1.165, 1.54) is 0 Å². The molecule has 0 N–H and O–H groups in total. The van der Waals surface area contributed by atoms with Gasteiger partial charge in [0.25, 0.3) is 0 Å². The third kappa shape index (κ3) is 44.5. The molecule has 6 heteroatoms. The molecule has 0 aromatic heterocycles. The second-order valence-electron chi connectivity index (χ2n) is 14.2. The summed E-state index contributed by atoms with van der Waals surface area (Å²) in [7, 11) is 0. The van der Waals surface area contributed by atoms with Gasteiger partial charge in [0.2, 0.25) is 0 Å². The summed E-state index contributed by atoms with van der Waals surface area (Å²) in [5.41, 5.74) is 0. The summed E-state index contributed by atoms with van der Waals surface area (Å²) in [4.78, 5) is 37.7. The van der Waals surface area contributed by atoms with Crippen LogP contribution in [0.1, 0.15) is 162 Å². The van der Waals surface area contributed by atoms with Gasteiger partial charge in [-0.25, -0.2) is 0 Å². The van der Waals surface area contributed by atoms with E-state index in [-0.39, 0.29) is 38.0 Å². The Labute approximate surface area is 360 Å². The molecule has 0 aliphatic rings. The number of hydrogen-bond donors (Lipinski definition) is 0. The summed E-state index contributed by atoms with van der Waals surface area (Å²) in [6, 6.07) is 0. The molecule has 0 aromatic rings. The number of ether oxygens (including phenoxy) is 3. The van der Waals surface area contributed by atoms with Crippen molar-refractivity contribution < 1.29 is 28.6 Å². The number of hydrogen-bond acceptors (Lipinski definition) is 6. The van der Waals surface area contributed by atoms with Gasteiger partial charge in [0.1, 0.15) is 13.2 Å². The van der Waals surface area contributed by atoms with Gasteiger partial charge in [-0.2, -0.15) is 0 Å². The highest BCUT2D eigenvalue weighted by Crippen LogP contribution is 2.10. The molecule has 0 aromatic carbocycles. The van der Waals surface area contributed by atoms with Crippen LogP contribution in [0.3, 0.4) is 0 Å². The smallest absolute Gasteiger partial charge is 0.309 e. The van der Waals surface area contributed by atoms with E-state index in [4.69, 9.17) is 14.2 Å². The van der Waals surface area contributed by atoms with Crippen LogP contribution >= 0.6 is 0 Å². The summed E-state index contributed by atoms with van der Waals surface area (Å²) in [6.07, 6.45) is 64.7. The van der Waals surface area contributed by atoms with Crippen molar-refractivity contribution in [2.24, 2.45) is 0 Å².